The predicted octanol–water partition coefficient (Wildman–Crippen LogP) is 2.38. The van der Waals surface area contributed by atoms with E-state index in [4.69, 9.17) is 4.74 Å². The maximum atomic E-state index is 12.6. The minimum absolute atomic E-state index is 0.0764. The molecule has 0 unspecified atom stereocenters. The molecule has 1 fully saturated rings. The summed E-state index contributed by atoms with van der Waals surface area (Å²) in [6, 6.07) is 4.71. The molecule has 5 nitrogen and oxygen atoms in total. The molecule has 1 aromatic rings. The first kappa shape index (κ1) is 17.0. The average molecular weight is 339 g/mol. The molecule has 0 amide bonds. The summed E-state index contributed by atoms with van der Waals surface area (Å²) in [7, 11) is -4.10. The normalized spacial score (nSPS) is 24.2. The van der Waals surface area contributed by atoms with Crippen molar-refractivity contribution in [1.82, 2.24) is 4.31 Å². The Morgan fingerprint density at radius 1 is 1.18 bits per heavy atom. The molecule has 1 aliphatic heterocycles. The van der Waals surface area contributed by atoms with Crippen molar-refractivity contribution in [3.05, 3.63) is 24.3 Å². The quantitative estimate of drug-likeness (QED) is 0.848. The standard InChI is InChI=1S/C13H16F3NO4S/c1-9-7-17(8-10(2)20-9)22(18,19)12-6-4-3-5-11(12)21-13(14,15)16/h3-6,9-10H,7-8H2,1-2H3/t9-,10+. The number of para-hydroxylation sites is 1. The summed E-state index contributed by atoms with van der Waals surface area (Å²) in [6.45, 7) is 3.56. The van der Waals surface area contributed by atoms with Gasteiger partial charge in [-0.25, -0.2) is 8.42 Å². The second-order valence-corrected chi connectivity index (χ2v) is 6.98. The number of benzene rings is 1. The number of halogens is 3. The Hall–Kier alpha value is -1.32. The van der Waals surface area contributed by atoms with Crippen LogP contribution in [0.3, 0.4) is 0 Å². The molecular formula is C13H16F3NO4S. The molecule has 0 spiro atoms. The van der Waals surface area contributed by atoms with Crippen LogP contribution in [0.4, 0.5) is 13.2 Å². The van der Waals surface area contributed by atoms with Crippen LogP contribution < -0.4 is 4.74 Å². The Bertz CT molecular complexity index is 622. The Labute approximate surface area is 126 Å². The zero-order valence-corrected chi connectivity index (χ0v) is 12.8. The lowest BCUT2D eigenvalue weighted by Crippen LogP contribution is -2.48. The predicted molar refractivity (Wildman–Crippen MR) is 71.9 cm³/mol. The SMILES string of the molecule is C[C@@H]1CN(S(=O)(=O)c2ccccc2OC(F)(F)F)C[C@H](C)O1. The number of nitrogens with zero attached hydrogens (tertiary/aromatic N) is 1. The van der Waals surface area contributed by atoms with Crippen LogP contribution in [0.1, 0.15) is 13.8 Å². The minimum atomic E-state index is -4.96. The van der Waals surface area contributed by atoms with E-state index in [9.17, 15) is 21.6 Å². The topological polar surface area (TPSA) is 55.8 Å². The number of alkyl halides is 3. The molecule has 124 valence electrons. The molecular weight excluding hydrogens is 323 g/mol. The van der Waals surface area contributed by atoms with Gasteiger partial charge >= 0.3 is 6.36 Å². The summed E-state index contributed by atoms with van der Waals surface area (Å²) in [4.78, 5) is -0.506. The molecule has 2 atom stereocenters. The van der Waals surface area contributed by atoms with Crippen LogP contribution in [-0.2, 0) is 14.8 Å². The van der Waals surface area contributed by atoms with Gasteiger partial charge in [-0.05, 0) is 26.0 Å². The second kappa shape index (κ2) is 6.05. The average Bonchev–Trinajstić information content (AvgIpc) is 2.36. The molecule has 1 aromatic carbocycles. The molecule has 0 N–H and O–H groups in total. The minimum Gasteiger partial charge on any atom is -0.404 e. The van der Waals surface area contributed by atoms with Crippen molar-refractivity contribution >= 4 is 10.0 Å². The zero-order valence-electron chi connectivity index (χ0n) is 12.0. The van der Waals surface area contributed by atoms with E-state index in [-0.39, 0.29) is 25.3 Å². The van der Waals surface area contributed by atoms with Gasteiger partial charge in [0.05, 0.1) is 12.2 Å². The van der Waals surface area contributed by atoms with Crippen molar-refractivity contribution in [2.24, 2.45) is 0 Å². The lowest BCUT2D eigenvalue weighted by molar-refractivity contribution is -0.275. The molecule has 0 saturated carbocycles. The largest absolute Gasteiger partial charge is 0.573 e. The van der Waals surface area contributed by atoms with E-state index in [0.29, 0.717) is 0 Å². The summed E-state index contributed by atoms with van der Waals surface area (Å²) in [5.41, 5.74) is 0. The Balaban J connectivity index is 2.37. The van der Waals surface area contributed by atoms with Crippen LogP contribution in [-0.4, -0.2) is 44.4 Å². The first-order valence-corrected chi connectivity index (χ1v) is 8.04. The lowest BCUT2D eigenvalue weighted by Gasteiger charge is -2.34. The molecule has 9 heteroatoms. The van der Waals surface area contributed by atoms with Crippen molar-refractivity contribution < 1.29 is 31.1 Å². The summed E-state index contributed by atoms with van der Waals surface area (Å²) < 4.78 is 72.9. The highest BCUT2D eigenvalue weighted by Crippen LogP contribution is 2.32. The monoisotopic (exact) mass is 339 g/mol. The van der Waals surface area contributed by atoms with Crippen molar-refractivity contribution in [2.45, 2.75) is 37.3 Å². The van der Waals surface area contributed by atoms with E-state index in [1.807, 2.05) is 0 Å². The number of morpholine rings is 1. The van der Waals surface area contributed by atoms with Gasteiger partial charge in [0.1, 0.15) is 10.6 Å². The fourth-order valence-electron chi connectivity index (χ4n) is 2.34. The van der Waals surface area contributed by atoms with E-state index in [1.54, 1.807) is 13.8 Å². The molecule has 0 aromatic heterocycles. The van der Waals surface area contributed by atoms with Crippen LogP contribution >= 0.6 is 0 Å². The highest BCUT2D eigenvalue weighted by Gasteiger charge is 2.37. The molecule has 2 rings (SSSR count). The number of rotatable bonds is 3. The van der Waals surface area contributed by atoms with Gasteiger partial charge in [0.2, 0.25) is 10.0 Å². The van der Waals surface area contributed by atoms with E-state index < -0.39 is 27.0 Å². The summed E-state index contributed by atoms with van der Waals surface area (Å²) in [5.74, 6) is -0.734. The van der Waals surface area contributed by atoms with Gasteiger partial charge < -0.3 is 9.47 Å². The molecule has 1 aliphatic rings. The van der Waals surface area contributed by atoms with E-state index in [1.165, 1.54) is 12.1 Å². The molecule has 0 radical (unpaired) electrons. The van der Waals surface area contributed by atoms with Crippen LogP contribution in [0.2, 0.25) is 0 Å². The third kappa shape index (κ3) is 3.90. The fraction of sp³-hybridized carbons (Fsp3) is 0.538. The molecule has 1 saturated heterocycles. The lowest BCUT2D eigenvalue weighted by atomic mass is 10.3. The Morgan fingerprint density at radius 3 is 2.27 bits per heavy atom. The Morgan fingerprint density at radius 2 is 1.73 bits per heavy atom. The van der Waals surface area contributed by atoms with E-state index >= 15 is 0 Å². The Kier molecular flexibility index (Phi) is 4.69. The van der Waals surface area contributed by atoms with Gasteiger partial charge in [0.25, 0.3) is 0 Å². The first-order valence-electron chi connectivity index (χ1n) is 6.60. The van der Waals surface area contributed by atoms with Crippen LogP contribution in [0, 0.1) is 0 Å². The van der Waals surface area contributed by atoms with Gasteiger partial charge in [0.15, 0.2) is 0 Å². The van der Waals surface area contributed by atoms with E-state index in [2.05, 4.69) is 4.74 Å². The molecule has 0 aliphatic carbocycles. The van der Waals surface area contributed by atoms with Crippen LogP contribution in [0.5, 0.6) is 5.75 Å². The van der Waals surface area contributed by atoms with Crippen molar-refractivity contribution in [2.75, 3.05) is 13.1 Å². The molecule has 0 bridgehead atoms. The highest BCUT2D eigenvalue weighted by molar-refractivity contribution is 7.89. The van der Waals surface area contributed by atoms with Crippen molar-refractivity contribution in [3.8, 4) is 5.75 Å². The molecule has 22 heavy (non-hydrogen) atoms. The van der Waals surface area contributed by atoms with Crippen LogP contribution in [0.25, 0.3) is 0 Å². The van der Waals surface area contributed by atoms with Crippen molar-refractivity contribution in [3.63, 3.8) is 0 Å². The second-order valence-electron chi connectivity index (χ2n) is 5.07. The number of hydrogen-bond donors (Lipinski definition) is 0. The highest BCUT2D eigenvalue weighted by atomic mass is 32.2. The number of hydrogen-bond acceptors (Lipinski definition) is 4. The smallest absolute Gasteiger partial charge is 0.404 e. The van der Waals surface area contributed by atoms with Crippen LogP contribution in [0.15, 0.2) is 29.2 Å². The summed E-state index contributed by atoms with van der Waals surface area (Å²) in [6.07, 6.45) is -5.64. The fourth-order valence-corrected chi connectivity index (χ4v) is 4.04. The maximum Gasteiger partial charge on any atom is 0.573 e. The van der Waals surface area contributed by atoms with Crippen molar-refractivity contribution in [1.29, 1.82) is 0 Å². The molecule has 1 heterocycles. The van der Waals surface area contributed by atoms with Gasteiger partial charge in [-0.15, -0.1) is 13.2 Å². The van der Waals surface area contributed by atoms with Gasteiger partial charge in [-0.3, -0.25) is 0 Å². The third-order valence-electron chi connectivity index (χ3n) is 3.08. The summed E-state index contributed by atoms with van der Waals surface area (Å²) >= 11 is 0. The van der Waals surface area contributed by atoms with Gasteiger partial charge in [-0.1, -0.05) is 12.1 Å². The zero-order chi connectivity index (χ0) is 16.5. The van der Waals surface area contributed by atoms with Gasteiger partial charge in [0, 0.05) is 13.1 Å². The maximum absolute atomic E-state index is 12.6. The number of ether oxygens (including phenoxy) is 2. The summed E-state index contributed by atoms with van der Waals surface area (Å²) in [5, 5.41) is 0. The number of sulfonamides is 1. The first-order chi connectivity index (χ1) is 10.1. The van der Waals surface area contributed by atoms with Gasteiger partial charge in [-0.2, -0.15) is 4.31 Å². The third-order valence-corrected chi connectivity index (χ3v) is 4.95. The van der Waals surface area contributed by atoms with E-state index in [0.717, 1.165) is 16.4 Å².